The number of anilines is 1. The number of nitrogens with one attached hydrogen (secondary N) is 2. The topological polar surface area (TPSA) is 127 Å². The Kier molecular flexibility index (Phi) is 4.29. The third-order valence-corrected chi connectivity index (χ3v) is 4.06. The lowest BCUT2D eigenvalue weighted by Gasteiger charge is -2.09. The summed E-state index contributed by atoms with van der Waals surface area (Å²) in [5.74, 6) is -0.344. The summed E-state index contributed by atoms with van der Waals surface area (Å²) < 4.78 is 0. The van der Waals surface area contributed by atoms with E-state index in [0.717, 1.165) is 17.7 Å². The van der Waals surface area contributed by atoms with Gasteiger partial charge in [0.1, 0.15) is 5.69 Å². The summed E-state index contributed by atoms with van der Waals surface area (Å²) in [6.45, 7) is 0. The average molecular weight is 342 g/mol. The normalized spacial score (nSPS) is 18.2. The van der Waals surface area contributed by atoms with Crippen LogP contribution >= 0.6 is 0 Å². The molecule has 2 aromatic carbocycles. The first-order chi connectivity index (χ1) is 12.0. The van der Waals surface area contributed by atoms with Gasteiger partial charge in [-0.3, -0.25) is 35.9 Å². The number of non-ortho nitro benzene ring substituents is 1. The molecular weight excluding hydrogens is 328 g/mol. The van der Waals surface area contributed by atoms with Gasteiger partial charge in [-0.25, -0.2) is 0 Å². The molecule has 0 heterocycles. The molecule has 9 heteroatoms. The van der Waals surface area contributed by atoms with Crippen LogP contribution in [-0.2, 0) is 4.79 Å². The van der Waals surface area contributed by atoms with Crippen molar-refractivity contribution in [1.29, 1.82) is 0 Å². The number of nitro groups is 2. The molecule has 128 valence electrons. The van der Waals surface area contributed by atoms with Gasteiger partial charge in [-0.05, 0) is 24.0 Å². The molecule has 1 aliphatic rings. The van der Waals surface area contributed by atoms with E-state index in [1.165, 1.54) is 6.07 Å². The van der Waals surface area contributed by atoms with Gasteiger partial charge in [0.15, 0.2) is 0 Å². The van der Waals surface area contributed by atoms with Crippen LogP contribution in [0, 0.1) is 26.1 Å². The molecule has 9 nitrogen and oxygen atoms in total. The first kappa shape index (κ1) is 16.4. The van der Waals surface area contributed by atoms with Crippen LogP contribution in [0.3, 0.4) is 0 Å². The maximum Gasteiger partial charge on any atom is 0.300 e. The van der Waals surface area contributed by atoms with Gasteiger partial charge < -0.3 is 0 Å². The smallest absolute Gasteiger partial charge is 0.292 e. The highest BCUT2D eigenvalue weighted by atomic mass is 16.6. The van der Waals surface area contributed by atoms with Gasteiger partial charge in [0.05, 0.1) is 15.9 Å². The van der Waals surface area contributed by atoms with Crippen molar-refractivity contribution >= 4 is 23.0 Å². The number of carbonyl (C=O) groups is 1. The van der Waals surface area contributed by atoms with Gasteiger partial charge >= 0.3 is 5.69 Å². The summed E-state index contributed by atoms with van der Waals surface area (Å²) in [6, 6.07) is 12.8. The SMILES string of the molecule is O=C(NNc1ccc([N+](=O)[O-])cc1[N+](=O)[O-])[C@H]1C[C@@H]1c1ccccc1. The molecule has 1 amide bonds. The molecule has 25 heavy (non-hydrogen) atoms. The molecule has 0 saturated heterocycles. The predicted molar refractivity (Wildman–Crippen MR) is 88.8 cm³/mol. The van der Waals surface area contributed by atoms with Crippen molar-refractivity contribution in [3.8, 4) is 0 Å². The highest BCUT2D eigenvalue weighted by Gasteiger charge is 2.43. The fourth-order valence-electron chi connectivity index (χ4n) is 2.67. The van der Waals surface area contributed by atoms with E-state index in [9.17, 15) is 25.0 Å². The molecule has 2 atom stereocenters. The van der Waals surface area contributed by atoms with Crippen LogP contribution in [0.25, 0.3) is 0 Å². The molecule has 0 unspecified atom stereocenters. The van der Waals surface area contributed by atoms with Crippen molar-refractivity contribution < 1.29 is 14.6 Å². The molecule has 0 bridgehead atoms. The zero-order valence-corrected chi connectivity index (χ0v) is 12.9. The fourth-order valence-corrected chi connectivity index (χ4v) is 2.67. The molecule has 1 aliphatic carbocycles. The Morgan fingerprint density at radius 1 is 1.04 bits per heavy atom. The zero-order valence-electron chi connectivity index (χ0n) is 12.9. The Balaban J connectivity index is 1.65. The fraction of sp³-hybridized carbons (Fsp3) is 0.188. The molecule has 1 saturated carbocycles. The monoisotopic (exact) mass is 342 g/mol. The van der Waals surface area contributed by atoms with Crippen molar-refractivity contribution in [2.24, 2.45) is 5.92 Å². The second-order valence-corrected chi connectivity index (χ2v) is 5.69. The van der Waals surface area contributed by atoms with E-state index in [4.69, 9.17) is 0 Å². The van der Waals surface area contributed by atoms with Crippen molar-refractivity contribution in [1.82, 2.24) is 5.43 Å². The van der Waals surface area contributed by atoms with E-state index in [1.54, 1.807) is 0 Å². The van der Waals surface area contributed by atoms with Crippen LogP contribution in [0.1, 0.15) is 17.9 Å². The second kappa shape index (κ2) is 6.56. The van der Waals surface area contributed by atoms with Crippen molar-refractivity contribution in [3.05, 3.63) is 74.3 Å². The Hall–Kier alpha value is -3.49. The van der Waals surface area contributed by atoms with Crippen LogP contribution in [-0.4, -0.2) is 15.8 Å². The van der Waals surface area contributed by atoms with Crippen molar-refractivity contribution in [3.63, 3.8) is 0 Å². The van der Waals surface area contributed by atoms with Crippen molar-refractivity contribution in [2.75, 3.05) is 5.43 Å². The maximum atomic E-state index is 12.2. The minimum absolute atomic E-state index is 0.0131. The molecule has 0 aliphatic heterocycles. The number of nitrogens with zero attached hydrogens (tertiary/aromatic N) is 2. The molecule has 2 N–H and O–H groups in total. The molecule has 0 spiro atoms. The molecule has 1 fully saturated rings. The van der Waals surface area contributed by atoms with Gasteiger partial charge in [-0.2, -0.15) is 0 Å². The van der Waals surface area contributed by atoms with E-state index < -0.39 is 21.2 Å². The van der Waals surface area contributed by atoms with E-state index >= 15 is 0 Å². The number of carbonyl (C=O) groups excluding carboxylic acids is 1. The van der Waals surface area contributed by atoms with Crippen LogP contribution in [0.2, 0.25) is 0 Å². The second-order valence-electron chi connectivity index (χ2n) is 5.69. The minimum atomic E-state index is -0.745. The van der Waals surface area contributed by atoms with E-state index in [-0.39, 0.29) is 23.4 Å². The summed E-state index contributed by atoms with van der Waals surface area (Å²) in [5.41, 5.74) is 5.12. The Morgan fingerprint density at radius 3 is 2.40 bits per heavy atom. The quantitative estimate of drug-likeness (QED) is 0.614. The average Bonchev–Trinajstić information content (AvgIpc) is 3.41. The number of hydrogen-bond donors (Lipinski definition) is 2. The summed E-state index contributed by atoms with van der Waals surface area (Å²) in [6.07, 6.45) is 0.708. The number of hydrogen-bond acceptors (Lipinski definition) is 6. The number of benzene rings is 2. The van der Waals surface area contributed by atoms with E-state index in [0.29, 0.717) is 6.42 Å². The number of rotatable bonds is 6. The summed E-state index contributed by atoms with van der Waals surface area (Å²) >= 11 is 0. The lowest BCUT2D eigenvalue weighted by atomic mass is 10.1. The van der Waals surface area contributed by atoms with Gasteiger partial charge in [0.25, 0.3) is 5.69 Å². The van der Waals surface area contributed by atoms with E-state index in [1.807, 2.05) is 30.3 Å². The van der Waals surface area contributed by atoms with Crippen LogP contribution in [0.4, 0.5) is 17.1 Å². The van der Waals surface area contributed by atoms with Crippen LogP contribution in [0.5, 0.6) is 0 Å². The molecule has 2 aromatic rings. The minimum Gasteiger partial charge on any atom is -0.292 e. The lowest BCUT2D eigenvalue weighted by molar-refractivity contribution is -0.393. The van der Waals surface area contributed by atoms with Crippen molar-refractivity contribution in [2.45, 2.75) is 12.3 Å². The van der Waals surface area contributed by atoms with E-state index in [2.05, 4.69) is 10.9 Å². The molecule has 3 rings (SSSR count). The summed E-state index contributed by atoms with van der Waals surface area (Å²) in [5, 5.41) is 21.8. The number of amides is 1. The van der Waals surface area contributed by atoms with Gasteiger partial charge in [0.2, 0.25) is 5.91 Å². The largest absolute Gasteiger partial charge is 0.300 e. The first-order valence-corrected chi connectivity index (χ1v) is 7.51. The third kappa shape index (κ3) is 3.55. The summed E-state index contributed by atoms with van der Waals surface area (Å²) in [7, 11) is 0. The first-order valence-electron chi connectivity index (χ1n) is 7.51. The third-order valence-electron chi connectivity index (χ3n) is 4.06. The molecular formula is C16H14N4O5. The lowest BCUT2D eigenvalue weighted by Crippen LogP contribution is -2.31. The standard InChI is InChI=1S/C16H14N4O5/c21-16(13-9-12(13)10-4-2-1-3-5-10)18-17-14-7-6-11(19(22)23)8-15(14)20(24)25/h1-8,12-13,17H,9H2,(H,18,21)/t12-,13+/m1/s1. The zero-order chi connectivity index (χ0) is 18.0. The van der Waals surface area contributed by atoms with Gasteiger partial charge in [0, 0.05) is 12.0 Å². The van der Waals surface area contributed by atoms with Crippen LogP contribution in [0.15, 0.2) is 48.5 Å². The number of nitro benzene ring substituents is 2. The highest BCUT2D eigenvalue weighted by molar-refractivity contribution is 5.84. The van der Waals surface area contributed by atoms with Crippen LogP contribution < -0.4 is 10.9 Å². The van der Waals surface area contributed by atoms with Gasteiger partial charge in [-0.15, -0.1) is 0 Å². The maximum absolute atomic E-state index is 12.2. The predicted octanol–water partition coefficient (Wildman–Crippen LogP) is 2.75. The Morgan fingerprint density at radius 2 is 1.76 bits per heavy atom. The molecule has 0 aromatic heterocycles. The summed E-state index contributed by atoms with van der Waals surface area (Å²) in [4.78, 5) is 32.5. The Bertz CT molecular complexity index is 840. The molecule has 0 radical (unpaired) electrons. The van der Waals surface area contributed by atoms with Gasteiger partial charge in [-0.1, -0.05) is 30.3 Å². The number of hydrazine groups is 1. The Labute approximate surface area is 141 Å². The highest BCUT2D eigenvalue weighted by Crippen LogP contribution is 2.47.